The standard InChI is InChI=1S/C43H82O5/c1-4-7-10-13-16-19-21-22-24-25-27-30-33-36-42(44)47-40-41(39-46-38-35-32-29-18-15-12-9-6-3)48-43(45)37-34-31-28-26-23-20-17-14-11-8-5-2/h14,17,41H,4-13,15-16,18-40H2,1-3H3/b17-14-. The Morgan fingerprint density at radius 2 is 0.833 bits per heavy atom. The summed E-state index contributed by atoms with van der Waals surface area (Å²) in [6.45, 7) is 7.79. The van der Waals surface area contributed by atoms with E-state index in [1.807, 2.05) is 0 Å². The van der Waals surface area contributed by atoms with Crippen LogP contribution in [-0.2, 0) is 23.8 Å². The van der Waals surface area contributed by atoms with Gasteiger partial charge in [-0.05, 0) is 38.5 Å². The Labute approximate surface area is 299 Å². The van der Waals surface area contributed by atoms with E-state index in [2.05, 4.69) is 32.9 Å². The maximum Gasteiger partial charge on any atom is 0.306 e. The first-order valence-corrected chi connectivity index (χ1v) is 21.2. The van der Waals surface area contributed by atoms with Gasteiger partial charge in [-0.1, -0.05) is 187 Å². The average molecular weight is 679 g/mol. The highest BCUT2D eigenvalue weighted by Crippen LogP contribution is 2.14. The van der Waals surface area contributed by atoms with E-state index in [-0.39, 0.29) is 18.5 Å². The quantitative estimate of drug-likeness (QED) is 0.0368. The van der Waals surface area contributed by atoms with E-state index in [0.717, 1.165) is 44.9 Å². The van der Waals surface area contributed by atoms with Gasteiger partial charge >= 0.3 is 11.9 Å². The third-order valence-electron chi connectivity index (χ3n) is 9.30. The van der Waals surface area contributed by atoms with Gasteiger partial charge in [0.05, 0.1) is 6.61 Å². The van der Waals surface area contributed by atoms with Crippen molar-refractivity contribution < 1.29 is 23.8 Å². The molecule has 0 spiro atoms. The third kappa shape index (κ3) is 37.5. The van der Waals surface area contributed by atoms with Gasteiger partial charge in [-0.3, -0.25) is 9.59 Å². The number of unbranched alkanes of at least 4 members (excludes halogenated alkanes) is 26. The first-order chi connectivity index (χ1) is 23.6. The second kappa shape index (κ2) is 40.1. The molecule has 5 heteroatoms. The Morgan fingerprint density at radius 3 is 1.33 bits per heavy atom. The van der Waals surface area contributed by atoms with Gasteiger partial charge in [0.1, 0.15) is 6.61 Å². The summed E-state index contributed by atoms with van der Waals surface area (Å²) in [6, 6.07) is 0. The summed E-state index contributed by atoms with van der Waals surface area (Å²) in [6.07, 6.45) is 42.0. The molecule has 1 atom stereocenters. The molecule has 0 aromatic heterocycles. The summed E-state index contributed by atoms with van der Waals surface area (Å²) < 4.78 is 17.2. The molecule has 0 aliphatic carbocycles. The van der Waals surface area contributed by atoms with Gasteiger partial charge < -0.3 is 14.2 Å². The number of carbonyl (C=O) groups is 2. The van der Waals surface area contributed by atoms with Crippen molar-refractivity contribution in [2.45, 2.75) is 232 Å². The van der Waals surface area contributed by atoms with Crippen molar-refractivity contribution in [2.24, 2.45) is 0 Å². The fraction of sp³-hybridized carbons (Fsp3) is 0.907. The molecule has 0 saturated heterocycles. The molecule has 0 rings (SSSR count). The molecule has 0 aliphatic rings. The van der Waals surface area contributed by atoms with Crippen LogP contribution in [0.25, 0.3) is 0 Å². The Kier molecular flexibility index (Phi) is 38.9. The summed E-state index contributed by atoms with van der Waals surface area (Å²) in [5.74, 6) is -0.399. The molecule has 0 fully saturated rings. The van der Waals surface area contributed by atoms with Crippen molar-refractivity contribution in [3.63, 3.8) is 0 Å². The number of esters is 2. The second-order valence-corrected chi connectivity index (χ2v) is 14.3. The summed E-state index contributed by atoms with van der Waals surface area (Å²) in [7, 11) is 0. The maximum absolute atomic E-state index is 12.6. The predicted octanol–water partition coefficient (Wildman–Crippen LogP) is 13.6. The molecule has 0 aliphatic heterocycles. The van der Waals surface area contributed by atoms with Crippen molar-refractivity contribution in [1.82, 2.24) is 0 Å². The van der Waals surface area contributed by atoms with Crippen molar-refractivity contribution >= 4 is 11.9 Å². The summed E-state index contributed by atoms with van der Waals surface area (Å²) >= 11 is 0. The van der Waals surface area contributed by atoms with E-state index >= 15 is 0 Å². The topological polar surface area (TPSA) is 61.8 Å². The Bertz CT molecular complexity index is 691. The van der Waals surface area contributed by atoms with Crippen LogP contribution in [0.3, 0.4) is 0 Å². The molecule has 0 N–H and O–H groups in total. The number of allylic oxidation sites excluding steroid dienone is 2. The molecule has 0 saturated carbocycles. The number of carbonyl (C=O) groups excluding carboxylic acids is 2. The molecular formula is C43H82O5. The first kappa shape index (κ1) is 46.6. The normalized spacial score (nSPS) is 12.1. The van der Waals surface area contributed by atoms with Crippen LogP contribution in [-0.4, -0.2) is 37.9 Å². The maximum atomic E-state index is 12.6. The van der Waals surface area contributed by atoms with Gasteiger partial charge in [0.15, 0.2) is 6.10 Å². The summed E-state index contributed by atoms with van der Waals surface area (Å²) in [5.41, 5.74) is 0. The van der Waals surface area contributed by atoms with Gasteiger partial charge in [0.25, 0.3) is 0 Å². The highest BCUT2D eigenvalue weighted by atomic mass is 16.6. The van der Waals surface area contributed by atoms with E-state index < -0.39 is 6.10 Å². The van der Waals surface area contributed by atoms with Gasteiger partial charge in [-0.25, -0.2) is 0 Å². The Balaban J connectivity index is 4.18. The van der Waals surface area contributed by atoms with Crippen LogP contribution < -0.4 is 0 Å². The van der Waals surface area contributed by atoms with Gasteiger partial charge in [0.2, 0.25) is 0 Å². The second-order valence-electron chi connectivity index (χ2n) is 14.3. The molecule has 0 bridgehead atoms. The molecule has 0 heterocycles. The van der Waals surface area contributed by atoms with Crippen molar-refractivity contribution in [1.29, 1.82) is 0 Å². The Morgan fingerprint density at radius 1 is 0.438 bits per heavy atom. The minimum Gasteiger partial charge on any atom is -0.462 e. The Hall–Kier alpha value is -1.36. The third-order valence-corrected chi connectivity index (χ3v) is 9.30. The lowest BCUT2D eigenvalue weighted by molar-refractivity contribution is -0.163. The van der Waals surface area contributed by atoms with Crippen LogP contribution in [0.2, 0.25) is 0 Å². The smallest absolute Gasteiger partial charge is 0.306 e. The van der Waals surface area contributed by atoms with Crippen LogP contribution in [0.4, 0.5) is 0 Å². The zero-order valence-corrected chi connectivity index (χ0v) is 32.5. The molecule has 0 radical (unpaired) electrons. The minimum atomic E-state index is -0.526. The zero-order chi connectivity index (χ0) is 35.0. The molecule has 284 valence electrons. The van der Waals surface area contributed by atoms with Crippen LogP contribution in [0, 0.1) is 0 Å². The van der Waals surface area contributed by atoms with E-state index in [0.29, 0.717) is 26.1 Å². The largest absolute Gasteiger partial charge is 0.462 e. The van der Waals surface area contributed by atoms with Crippen LogP contribution in [0.5, 0.6) is 0 Å². The first-order valence-electron chi connectivity index (χ1n) is 21.2. The predicted molar refractivity (Wildman–Crippen MR) is 206 cm³/mol. The molecule has 5 nitrogen and oxygen atoms in total. The fourth-order valence-corrected chi connectivity index (χ4v) is 6.08. The van der Waals surface area contributed by atoms with Gasteiger partial charge in [-0.15, -0.1) is 0 Å². The van der Waals surface area contributed by atoms with Crippen LogP contribution in [0.1, 0.15) is 226 Å². The SMILES string of the molecule is CCCC/C=C\CCCCCCCC(=O)OC(COCCCCCCCCCC)COC(=O)CCCCCCCCCCCCCCC. The molecule has 0 amide bonds. The average Bonchev–Trinajstić information content (AvgIpc) is 3.08. The van der Waals surface area contributed by atoms with Crippen LogP contribution >= 0.6 is 0 Å². The summed E-state index contributed by atoms with van der Waals surface area (Å²) in [4.78, 5) is 25.1. The number of hydrogen-bond donors (Lipinski definition) is 0. The number of ether oxygens (including phenoxy) is 3. The van der Waals surface area contributed by atoms with Crippen molar-refractivity contribution in [3.05, 3.63) is 12.2 Å². The molecular weight excluding hydrogens is 596 g/mol. The molecule has 0 aromatic rings. The van der Waals surface area contributed by atoms with Gasteiger partial charge in [0, 0.05) is 19.4 Å². The lowest BCUT2D eigenvalue weighted by atomic mass is 10.0. The highest BCUT2D eigenvalue weighted by Gasteiger charge is 2.17. The number of rotatable bonds is 39. The molecule has 1 unspecified atom stereocenters. The van der Waals surface area contributed by atoms with E-state index in [4.69, 9.17) is 14.2 Å². The number of hydrogen-bond acceptors (Lipinski definition) is 5. The lowest BCUT2D eigenvalue weighted by Gasteiger charge is -2.18. The molecule has 48 heavy (non-hydrogen) atoms. The fourth-order valence-electron chi connectivity index (χ4n) is 6.08. The highest BCUT2D eigenvalue weighted by molar-refractivity contribution is 5.70. The lowest BCUT2D eigenvalue weighted by Crippen LogP contribution is -2.30. The van der Waals surface area contributed by atoms with Crippen molar-refractivity contribution in [2.75, 3.05) is 19.8 Å². The molecule has 0 aromatic carbocycles. The monoisotopic (exact) mass is 679 g/mol. The van der Waals surface area contributed by atoms with Crippen molar-refractivity contribution in [3.8, 4) is 0 Å². The van der Waals surface area contributed by atoms with Crippen LogP contribution in [0.15, 0.2) is 12.2 Å². The van der Waals surface area contributed by atoms with E-state index in [1.165, 1.54) is 148 Å². The van der Waals surface area contributed by atoms with E-state index in [1.54, 1.807) is 0 Å². The minimum absolute atomic E-state index is 0.0895. The van der Waals surface area contributed by atoms with Gasteiger partial charge in [-0.2, -0.15) is 0 Å². The zero-order valence-electron chi connectivity index (χ0n) is 32.5. The summed E-state index contributed by atoms with van der Waals surface area (Å²) in [5, 5.41) is 0. The van der Waals surface area contributed by atoms with E-state index in [9.17, 15) is 9.59 Å².